The first-order valence-corrected chi connectivity index (χ1v) is 11.5. The Balaban J connectivity index is 1.72. The molecule has 0 bridgehead atoms. The summed E-state index contributed by atoms with van der Waals surface area (Å²) in [5, 5.41) is 0. The van der Waals surface area contributed by atoms with E-state index in [0.29, 0.717) is 17.0 Å². The van der Waals surface area contributed by atoms with Crippen LogP contribution in [0, 0.1) is 0 Å². The van der Waals surface area contributed by atoms with Crippen molar-refractivity contribution >= 4 is 43.3 Å². The number of thioether (sulfide) groups is 1. The van der Waals surface area contributed by atoms with Gasteiger partial charge in [-0.05, 0) is 44.2 Å². The molecule has 138 valence electrons. The van der Waals surface area contributed by atoms with Crippen LogP contribution in [0.25, 0.3) is 10.2 Å². The van der Waals surface area contributed by atoms with E-state index >= 15 is 0 Å². The van der Waals surface area contributed by atoms with Crippen molar-refractivity contribution in [2.45, 2.75) is 29.7 Å². The molecule has 1 aromatic heterocycles. The molecule has 1 N–H and O–H groups in total. The maximum absolute atomic E-state index is 12.5. The third kappa shape index (κ3) is 4.20. The van der Waals surface area contributed by atoms with Gasteiger partial charge in [-0.25, -0.2) is 13.1 Å². The standard InChI is InChI=1S/C18H20N2O3S3/c1-13(2)20-16-9-8-15(12-17(16)25-18(20)21)26(22,23)19-10-11-24-14-6-4-3-5-7-14/h3-9,12-13,19H,10-11H2,1-2H3. The minimum atomic E-state index is -3.60. The third-order valence-electron chi connectivity index (χ3n) is 3.82. The van der Waals surface area contributed by atoms with E-state index in [0.717, 1.165) is 21.7 Å². The monoisotopic (exact) mass is 408 g/mol. The van der Waals surface area contributed by atoms with Crippen LogP contribution < -0.4 is 9.60 Å². The average molecular weight is 409 g/mol. The number of fused-ring (bicyclic) bond motifs is 1. The molecule has 1 heterocycles. The maximum Gasteiger partial charge on any atom is 0.308 e. The molecular weight excluding hydrogens is 388 g/mol. The van der Waals surface area contributed by atoms with Crippen molar-refractivity contribution in [2.75, 3.05) is 12.3 Å². The van der Waals surface area contributed by atoms with Gasteiger partial charge >= 0.3 is 4.87 Å². The van der Waals surface area contributed by atoms with Crippen molar-refractivity contribution in [3.8, 4) is 0 Å². The lowest BCUT2D eigenvalue weighted by molar-refractivity contribution is 0.584. The second kappa shape index (κ2) is 7.96. The molecule has 0 fully saturated rings. The largest absolute Gasteiger partial charge is 0.308 e. The topological polar surface area (TPSA) is 68.2 Å². The summed E-state index contributed by atoms with van der Waals surface area (Å²) in [5.41, 5.74) is 0.772. The number of benzene rings is 2. The Hall–Kier alpha value is -1.61. The Morgan fingerprint density at radius 2 is 1.88 bits per heavy atom. The second-order valence-corrected chi connectivity index (χ2v) is 9.95. The van der Waals surface area contributed by atoms with Gasteiger partial charge in [-0.2, -0.15) is 0 Å². The van der Waals surface area contributed by atoms with E-state index in [2.05, 4.69) is 4.72 Å². The van der Waals surface area contributed by atoms with E-state index in [4.69, 9.17) is 0 Å². The zero-order valence-electron chi connectivity index (χ0n) is 14.5. The molecule has 3 rings (SSSR count). The lowest BCUT2D eigenvalue weighted by Crippen LogP contribution is -2.26. The van der Waals surface area contributed by atoms with Crippen LogP contribution >= 0.6 is 23.1 Å². The molecule has 5 nitrogen and oxygen atoms in total. The highest BCUT2D eigenvalue weighted by Gasteiger charge is 2.17. The molecule has 0 aliphatic heterocycles. The first-order chi connectivity index (χ1) is 12.4. The van der Waals surface area contributed by atoms with Gasteiger partial charge in [0, 0.05) is 23.2 Å². The molecule has 2 aromatic carbocycles. The summed E-state index contributed by atoms with van der Waals surface area (Å²) in [7, 11) is -3.60. The maximum atomic E-state index is 12.5. The van der Waals surface area contributed by atoms with Gasteiger partial charge in [-0.3, -0.25) is 9.36 Å². The van der Waals surface area contributed by atoms with Crippen molar-refractivity contribution in [1.82, 2.24) is 9.29 Å². The van der Waals surface area contributed by atoms with Gasteiger partial charge in [0.2, 0.25) is 10.0 Å². The van der Waals surface area contributed by atoms with E-state index in [1.807, 2.05) is 44.2 Å². The molecule has 8 heteroatoms. The van der Waals surface area contributed by atoms with Gasteiger partial charge in [0.25, 0.3) is 0 Å². The first kappa shape index (κ1) is 19.2. The molecule has 0 amide bonds. The number of sulfonamides is 1. The molecule has 0 saturated heterocycles. The van der Waals surface area contributed by atoms with Gasteiger partial charge in [0.1, 0.15) is 0 Å². The fourth-order valence-electron chi connectivity index (χ4n) is 2.62. The summed E-state index contributed by atoms with van der Waals surface area (Å²) in [4.78, 5) is 13.3. The van der Waals surface area contributed by atoms with Crippen LogP contribution in [-0.4, -0.2) is 25.3 Å². The number of rotatable bonds is 7. The fraction of sp³-hybridized carbons (Fsp3) is 0.278. The summed E-state index contributed by atoms with van der Waals surface area (Å²) in [6.07, 6.45) is 0. The quantitative estimate of drug-likeness (QED) is 0.478. The summed E-state index contributed by atoms with van der Waals surface area (Å²) < 4.78 is 30.0. The number of hydrogen-bond acceptors (Lipinski definition) is 5. The highest BCUT2D eigenvalue weighted by Crippen LogP contribution is 2.24. The van der Waals surface area contributed by atoms with Gasteiger partial charge < -0.3 is 0 Å². The number of nitrogens with zero attached hydrogens (tertiary/aromatic N) is 1. The minimum absolute atomic E-state index is 0.0341. The van der Waals surface area contributed by atoms with Gasteiger partial charge in [0.05, 0.1) is 15.1 Å². The van der Waals surface area contributed by atoms with E-state index < -0.39 is 10.0 Å². The Labute approximate surface area is 161 Å². The molecule has 0 atom stereocenters. The van der Waals surface area contributed by atoms with E-state index in [1.54, 1.807) is 34.5 Å². The second-order valence-electron chi connectivity index (χ2n) is 6.02. The van der Waals surface area contributed by atoms with Crippen molar-refractivity contribution in [2.24, 2.45) is 0 Å². The Morgan fingerprint density at radius 1 is 1.15 bits per heavy atom. The lowest BCUT2D eigenvalue weighted by Gasteiger charge is -2.09. The molecule has 26 heavy (non-hydrogen) atoms. The third-order valence-corrected chi connectivity index (χ3v) is 7.21. The van der Waals surface area contributed by atoms with Crippen LogP contribution in [0.3, 0.4) is 0 Å². The molecule has 0 radical (unpaired) electrons. The summed E-state index contributed by atoms with van der Waals surface area (Å²) in [6.45, 7) is 4.21. The van der Waals surface area contributed by atoms with Gasteiger partial charge in [-0.1, -0.05) is 29.5 Å². The van der Waals surface area contributed by atoms with Crippen LogP contribution in [0.2, 0.25) is 0 Å². The SMILES string of the molecule is CC(C)n1c(=O)sc2cc(S(=O)(=O)NCCSc3ccccc3)ccc21. The normalized spacial score (nSPS) is 12.1. The molecule has 0 unspecified atom stereocenters. The van der Waals surface area contributed by atoms with Crippen LogP contribution in [0.4, 0.5) is 0 Å². The molecule has 3 aromatic rings. The first-order valence-electron chi connectivity index (χ1n) is 8.21. The smallest absolute Gasteiger partial charge is 0.296 e. The van der Waals surface area contributed by atoms with Crippen molar-refractivity contribution < 1.29 is 8.42 Å². The molecule has 0 aliphatic carbocycles. The highest BCUT2D eigenvalue weighted by molar-refractivity contribution is 7.99. The minimum Gasteiger partial charge on any atom is -0.296 e. The highest BCUT2D eigenvalue weighted by atomic mass is 32.2. The van der Waals surface area contributed by atoms with Gasteiger partial charge in [-0.15, -0.1) is 11.8 Å². The van der Waals surface area contributed by atoms with E-state index in [9.17, 15) is 13.2 Å². The number of thiazole rings is 1. The van der Waals surface area contributed by atoms with Crippen molar-refractivity contribution in [1.29, 1.82) is 0 Å². The van der Waals surface area contributed by atoms with Crippen LogP contribution in [0.5, 0.6) is 0 Å². The van der Waals surface area contributed by atoms with Crippen LogP contribution in [0.15, 0.2) is 63.1 Å². The number of aromatic nitrogens is 1. The summed E-state index contributed by atoms with van der Waals surface area (Å²) in [6, 6.07) is 14.7. The zero-order valence-corrected chi connectivity index (χ0v) is 17.0. The van der Waals surface area contributed by atoms with E-state index in [-0.39, 0.29) is 15.8 Å². The molecule has 0 saturated carbocycles. The summed E-state index contributed by atoms with van der Waals surface area (Å²) >= 11 is 2.67. The van der Waals surface area contributed by atoms with Crippen molar-refractivity contribution in [3.63, 3.8) is 0 Å². The molecular formula is C18H20N2O3S3. The van der Waals surface area contributed by atoms with Crippen LogP contribution in [-0.2, 0) is 10.0 Å². The average Bonchev–Trinajstić information content (AvgIpc) is 2.94. The predicted molar refractivity (Wildman–Crippen MR) is 109 cm³/mol. The zero-order chi connectivity index (χ0) is 18.7. The van der Waals surface area contributed by atoms with E-state index in [1.165, 1.54) is 0 Å². The molecule has 0 spiro atoms. The van der Waals surface area contributed by atoms with Crippen molar-refractivity contribution in [3.05, 3.63) is 58.2 Å². The van der Waals surface area contributed by atoms with Crippen LogP contribution in [0.1, 0.15) is 19.9 Å². The Kier molecular flexibility index (Phi) is 5.86. The fourth-order valence-corrected chi connectivity index (χ4v) is 5.72. The molecule has 0 aliphatic rings. The summed E-state index contributed by atoms with van der Waals surface area (Å²) in [5.74, 6) is 0.641. The number of nitrogens with one attached hydrogen (secondary N) is 1. The Morgan fingerprint density at radius 3 is 2.58 bits per heavy atom. The lowest BCUT2D eigenvalue weighted by atomic mass is 10.3. The number of hydrogen-bond donors (Lipinski definition) is 1. The Bertz CT molecular complexity index is 1050. The predicted octanol–water partition coefficient (Wildman–Crippen LogP) is 3.71. The van der Waals surface area contributed by atoms with Gasteiger partial charge in [0.15, 0.2) is 0 Å².